The van der Waals surface area contributed by atoms with Crippen molar-refractivity contribution in [3.05, 3.63) is 94.0 Å². The lowest BCUT2D eigenvalue weighted by Gasteiger charge is -2.04. The average molecular weight is 404 g/mol. The Balaban J connectivity index is 0.000000223. The van der Waals surface area contributed by atoms with Gasteiger partial charge in [-0.2, -0.15) is 0 Å². The van der Waals surface area contributed by atoms with Gasteiger partial charge in [-0.25, -0.2) is 14.8 Å². The summed E-state index contributed by atoms with van der Waals surface area (Å²) in [7, 11) is 0. The molecule has 2 N–H and O–H groups in total. The number of carboxylic acid groups (broad SMARTS) is 1. The summed E-state index contributed by atoms with van der Waals surface area (Å²) in [6.45, 7) is 0.502. The summed E-state index contributed by atoms with van der Waals surface area (Å²) in [4.78, 5) is 29.4. The summed E-state index contributed by atoms with van der Waals surface area (Å²) in [5.41, 5.74) is 1.71. The number of benzene rings is 1. The molecule has 1 aromatic carbocycles. The molecular formula is C19H15Cl2N3O3. The summed E-state index contributed by atoms with van der Waals surface area (Å²) in [6.07, 6.45) is 2.67. The molecule has 0 spiro atoms. The molecule has 2 aromatic heterocycles. The topological polar surface area (TPSA) is 92.2 Å². The summed E-state index contributed by atoms with van der Waals surface area (Å²) < 4.78 is 0. The zero-order valence-electron chi connectivity index (χ0n) is 14.0. The number of aromatic carboxylic acids is 1. The van der Waals surface area contributed by atoms with E-state index in [0.29, 0.717) is 22.4 Å². The van der Waals surface area contributed by atoms with Crippen LogP contribution in [0.4, 0.5) is 0 Å². The lowest BCUT2D eigenvalue weighted by atomic mass is 10.2. The molecule has 1 amide bonds. The highest BCUT2D eigenvalue weighted by molar-refractivity contribution is 6.29. The van der Waals surface area contributed by atoms with Gasteiger partial charge >= 0.3 is 5.97 Å². The highest BCUT2D eigenvalue weighted by atomic mass is 35.5. The van der Waals surface area contributed by atoms with Crippen molar-refractivity contribution in [2.24, 2.45) is 0 Å². The van der Waals surface area contributed by atoms with E-state index in [0.717, 1.165) is 5.56 Å². The molecule has 0 aliphatic carbocycles. The number of hydrogen-bond donors (Lipinski definition) is 2. The summed E-state index contributed by atoms with van der Waals surface area (Å²) >= 11 is 11.1. The number of aromatic nitrogens is 2. The van der Waals surface area contributed by atoms with Gasteiger partial charge in [-0.1, -0.05) is 53.5 Å². The third kappa shape index (κ3) is 7.05. The third-order valence-electron chi connectivity index (χ3n) is 3.26. The summed E-state index contributed by atoms with van der Waals surface area (Å²) in [5.74, 6) is -1.15. The molecular weight excluding hydrogens is 389 g/mol. The molecule has 3 rings (SSSR count). The van der Waals surface area contributed by atoms with Gasteiger partial charge in [0.1, 0.15) is 10.3 Å². The first kappa shape index (κ1) is 20.4. The van der Waals surface area contributed by atoms with Crippen molar-refractivity contribution in [2.45, 2.75) is 6.54 Å². The number of amides is 1. The van der Waals surface area contributed by atoms with E-state index in [1.165, 1.54) is 24.5 Å². The van der Waals surface area contributed by atoms with E-state index in [4.69, 9.17) is 28.3 Å². The van der Waals surface area contributed by atoms with Crippen LogP contribution >= 0.6 is 23.2 Å². The van der Waals surface area contributed by atoms with Crippen LogP contribution in [-0.4, -0.2) is 27.0 Å². The number of carboxylic acids is 1. The summed E-state index contributed by atoms with van der Waals surface area (Å²) in [5, 5.41) is 11.9. The van der Waals surface area contributed by atoms with Crippen LogP contribution in [0.3, 0.4) is 0 Å². The number of nitrogens with zero attached hydrogens (tertiary/aromatic N) is 2. The first-order chi connectivity index (χ1) is 13.0. The Morgan fingerprint density at radius 1 is 0.852 bits per heavy atom. The maximum absolute atomic E-state index is 11.7. The largest absolute Gasteiger partial charge is 0.478 e. The monoisotopic (exact) mass is 403 g/mol. The highest BCUT2D eigenvalue weighted by Gasteiger charge is 2.05. The minimum Gasteiger partial charge on any atom is -0.478 e. The van der Waals surface area contributed by atoms with E-state index < -0.39 is 5.97 Å². The molecule has 138 valence electrons. The molecule has 0 aliphatic heterocycles. The Morgan fingerprint density at radius 2 is 1.41 bits per heavy atom. The van der Waals surface area contributed by atoms with E-state index in [1.54, 1.807) is 12.1 Å². The van der Waals surface area contributed by atoms with Crippen molar-refractivity contribution in [1.82, 2.24) is 15.3 Å². The van der Waals surface area contributed by atoms with E-state index >= 15 is 0 Å². The van der Waals surface area contributed by atoms with Gasteiger partial charge in [0.2, 0.25) is 0 Å². The van der Waals surface area contributed by atoms with Crippen molar-refractivity contribution in [1.29, 1.82) is 0 Å². The van der Waals surface area contributed by atoms with Crippen molar-refractivity contribution < 1.29 is 14.7 Å². The second-order valence-corrected chi connectivity index (χ2v) is 5.99. The number of pyridine rings is 2. The Bertz CT molecular complexity index is 886. The van der Waals surface area contributed by atoms with Gasteiger partial charge in [0.15, 0.2) is 0 Å². The molecule has 27 heavy (non-hydrogen) atoms. The minimum atomic E-state index is -0.996. The predicted octanol–water partition coefficient (Wildman–Crippen LogP) is 4.10. The summed E-state index contributed by atoms with van der Waals surface area (Å²) in [6, 6.07) is 15.8. The third-order valence-corrected chi connectivity index (χ3v) is 3.71. The van der Waals surface area contributed by atoms with Gasteiger partial charge in [0.05, 0.1) is 11.1 Å². The smallest absolute Gasteiger partial charge is 0.337 e. The Morgan fingerprint density at radius 3 is 1.89 bits per heavy atom. The molecule has 2 heterocycles. The van der Waals surface area contributed by atoms with E-state index in [9.17, 15) is 9.59 Å². The first-order valence-electron chi connectivity index (χ1n) is 7.74. The number of hydrogen-bond acceptors (Lipinski definition) is 4. The average Bonchev–Trinajstić information content (AvgIpc) is 2.68. The van der Waals surface area contributed by atoms with Crippen LogP contribution in [0.15, 0.2) is 67.0 Å². The first-order valence-corrected chi connectivity index (χ1v) is 8.50. The van der Waals surface area contributed by atoms with Gasteiger partial charge in [-0.05, 0) is 29.8 Å². The molecule has 0 fully saturated rings. The molecule has 0 unspecified atom stereocenters. The highest BCUT2D eigenvalue weighted by Crippen LogP contribution is 2.06. The van der Waals surface area contributed by atoms with Crippen LogP contribution in [0.1, 0.15) is 26.3 Å². The maximum atomic E-state index is 11.7. The van der Waals surface area contributed by atoms with Crippen molar-refractivity contribution in [3.63, 3.8) is 0 Å². The Kier molecular flexibility index (Phi) is 7.73. The molecule has 0 saturated heterocycles. The van der Waals surface area contributed by atoms with Crippen molar-refractivity contribution in [2.75, 3.05) is 0 Å². The quantitative estimate of drug-likeness (QED) is 0.639. The molecule has 0 saturated carbocycles. The van der Waals surface area contributed by atoms with Crippen LogP contribution in [0.25, 0.3) is 0 Å². The van der Waals surface area contributed by atoms with Gasteiger partial charge in [-0.15, -0.1) is 0 Å². The number of nitrogens with one attached hydrogen (secondary N) is 1. The van der Waals surface area contributed by atoms with E-state index in [1.807, 2.05) is 30.3 Å². The van der Waals surface area contributed by atoms with E-state index in [-0.39, 0.29) is 11.5 Å². The second-order valence-electron chi connectivity index (χ2n) is 5.21. The number of carbonyl (C=O) groups excluding carboxylic acids is 1. The lowest BCUT2D eigenvalue weighted by molar-refractivity contribution is 0.0696. The van der Waals surface area contributed by atoms with Crippen LogP contribution in [0.5, 0.6) is 0 Å². The Hall–Kier alpha value is -2.96. The molecule has 0 atom stereocenters. The van der Waals surface area contributed by atoms with Crippen LogP contribution in [0, 0.1) is 0 Å². The predicted molar refractivity (Wildman–Crippen MR) is 103 cm³/mol. The van der Waals surface area contributed by atoms with Gasteiger partial charge in [-0.3, -0.25) is 4.79 Å². The van der Waals surface area contributed by atoms with Crippen molar-refractivity contribution >= 4 is 35.1 Å². The Labute approximate surface area is 165 Å². The zero-order chi connectivity index (χ0) is 19.6. The second kappa shape index (κ2) is 10.3. The number of halogens is 2. The zero-order valence-corrected chi connectivity index (χ0v) is 15.5. The minimum absolute atomic E-state index is 0.143. The van der Waals surface area contributed by atoms with Crippen molar-refractivity contribution in [3.8, 4) is 0 Å². The fourth-order valence-corrected chi connectivity index (χ4v) is 2.12. The normalized spacial score (nSPS) is 9.70. The van der Waals surface area contributed by atoms with Crippen LogP contribution < -0.4 is 5.32 Å². The van der Waals surface area contributed by atoms with Gasteiger partial charge < -0.3 is 10.4 Å². The number of rotatable bonds is 4. The maximum Gasteiger partial charge on any atom is 0.337 e. The standard InChI is InChI=1S/C13H11ClN2O.C6H4ClNO2/c14-12-7-6-11(9-15-12)13(17)16-8-10-4-2-1-3-5-10;7-5-2-1-4(3-8-5)6(9)10/h1-7,9H,8H2,(H,16,17);1-3H,(H,9,10). The van der Waals surface area contributed by atoms with Crippen LogP contribution in [0.2, 0.25) is 10.3 Å². The number of carbonyl (C=O) groups is 2. The molecule has 0 radical (unpaired) electrons. The van der Waals surface area contributed by atoms with Gasteiger partial charge in [0.25, 0.3) is 5.91 Å². The van der Waals surface area contributed by atoms with Crippen LogP contribution in [-0.2, 0) is 6.54 Å². The molecule has 0 bridgehead atoms. The van der Waals surface area contributed by atoms with Gasteiger partial charge in [0, 0.05) is 18.9 Å². The molecule has 0 aliphatic rings. The van der Waals surface area contributed by atoms with E-state index in [2.05, 4.69) is 15.3 Å². The fraction of sp³-hybridized carbons (Fsp3) is 0.0526. The lowest BCUT2D eigenvalue weighted by Crippen LogP contribution is -2.22. The SMILES string of the molecule is O=C(NCc1ccccc1)c1ccc(Cl)nc1.O=C(O)c1ccc(Cl)nc1. The molecule has 3 aromatic rings. The fourth-order valence-electron chi connectivity index (χ4n) is 1.89. The molecule has 8 heteroatoms. The molecule has 6 nitrogen and oxygen atoms in total.